The first-order valence-corrected chi connectivity index (χ1v) is 8.53. The maximum Gasteiger partial charge on any atom is 0.232 e. The second-order valence-electron chi connectivity index (χ2n) is 6.37. The Morgan fingerprint density at radius 1 is 1.11 bits per heavy atom. The third kappa shape index (κ3) is 3.36. The molecule has 0 N–H and O–H groups in total. The van der Waals surface area contributed by atoms with Crippen molar-refractivity contribution in [2.24, 2.45) is 0 Å². The van der Waals surface area contributed by atoms with Gasteiger partial charge >= 0.3 is 0 Å². The Kier molecular flexibility index (Phi) is 4.28. The summed E-state index contributed by atoms with van der Waals surface area (Å²) in [7, 11) is 0. The summed E-state index contributed by atoms with van der Waals surface area (Å²) in [5.74, 6) is 2.09. The summed E-state index contributed by atoms with van der Waals surface area (Å²) < 4.78 is 30.4. The Morgan fingerprint density at radius 3 is 2.70 bits per heavy atom. The van der Waals surface area contributed by atoms with Gasteiger partial charge in [0.2, 0.25) is 5.78 Å². The number of ether oxygens (including phenoxy) is 2. The zero-order chi connectivity index (χ0) is 19.0. The summed E-state index contributed by atoms with van der Waals surface area (Å²) in [4.78, 5) is 12.6. The van der Waals surface area contributed by atoms with Crippen molar-refractivity contribution < 1.29 is 23.1 Å². The Balaban J connectivity index is 1.57. The Hall–Kier alpha value is -3.34. The molecule has 0 amide bonds. The van der Waals surface area contributed by atoms with Gasteiger partial charge in [0.25, 0.3) is 0 Å². The second kappa shape index (κ2) is 6.76. The fourth-order valence-corrected chi connectivity index (χ4v) is 2.97. The van der Waals surface area contributed by atoms with Crippen LogP contribution in [0.4, 0.5) is 4.39 Å². The van der Waals surface area contributed by atoms with Crippen molar-refractivity contribution in [2.45, 2.75) is 20.5 Å². The zero-order valence-corrected chi connectivity index (χ0v) is 14.9. The molecular weight excluding hydrogens is 347 g/mol. The highest BCUT2D eigenvalue weighted by atomic mass is 19.1. The van der Waals surface area contributed by atoms with E-state index in [0.717, 1.165) is 16.9 Å². The van der Waals surface area contributed by atoms with Crippen molar-refractivity contribution in [1.29, 1.82) is 0 Å². The van der Waals surface area contributed by atoms with Gasteiger partial charge in [-0.2, -0.15) is 0 Å². The standard InChI is InChI=1S/C22H17FO4/c1-13-6-7-17(26-13)11-20-21(24)18-8-9-19(14(2)22(18)27-20)25-12-15-4-3-5-16(23)10-15/h3-11H,12H2,1-2H3/b20-11-. The molecule has 0 aliphatic carbocycles. The van der Waals surface area contributed by atoms with Gasteiger partial charge in [0, 0.05) is 11.6 Å². The average molecular weight is 364 g/mol. The van der Waals surface area contributed by atoms with Crippen LogP contribution in [0.5, 0.6) is 11.5 Å². The molecule has 0 saturated carbocycles. The van der Waals surface area contributed by atoms with E-state index < -0.39 is 0 Å². The van der Waals surface area contributed by atoms with Gasteiger partial charge in [-0.05, 0) is 55.8 Å². The molecule has 0 radical (unpaired) electrons. The van der Waals surface area contributed by atoms with Gasteiger partial charge in [-0.3, -0.25) is 4.79 Å². The number of allylic oxidation sites excluding steroid dienone is 1. The summed E-state index contributed by atoms with van der Waals surface area (Å²) in [6.45, 7) is 3.88. The Bertz CT molecular complexity index is 1060. The molecule has 1 aliphatic rings. The van der Waals surface area contributed by atoms with E-state index in [4.69, 9.17) is 13.9 Å². The number of rotatable bonds is 4. The number of furan rings is 1. The maximum atomic E-state index is 13.3. The fraction of sp³-hybridized carbons (Fsp3) is 0.136. The highest BCUT2D eigenvalue weighted by Crippen LogP contribution is 2.39. The van der Waals surface area contributed by atoms with E-state index in [2.05, 4.69) is 0 Å². The average Bonchev–Trinajstić information content (AvgIpc) is 3.19. The molecule has 2 aromatic carbocycles. The largest absolute Gasteiger partial charge is 0.488 e. The topological polar surface area (TPSA) is 48.7 Å². The molecule has 136 valence electrons. The molecule has 1 aliphatic heterocycles. The van der Waals surface area contributed by atoms with E-state index in [1.807, 2.05) is 19.9 Å². The fourth-order valence-electron chi connectivity index (χ4n) is 2.97. The zero-order valence-electron chi connectivity index (χ0n) is 14.9. The van der Waals surface area contributed by atoms with Crippen LogP contribution >= 0.6 is 0 Å². The normalized spacial score (nSPS) is 14.3. The summed E-state index contributed by atoms with van der Waals surface area (Å²) in [6.07, 6.45) is 1.59. The van der Waals surface area contributed by atoms with Gasteiger partial charge in [0.15, 0.2) is 5.76 Å². The molecule has 0 bridgehead atoms. The number of Topliss-reactive ketones (excluding diaryl/α,β-unsaturated/α-hetero) is 1. The number of carbonyl (C=O) groups excluding carboxylic acids is 1. The first-order valence-electron chi connectivity index (χ1n) is 8.53. The third-order valence-corrected chi connectivity index (χ3v) is 4.35. The van der Waals surface area contributed by atoms with Gasteiger partial charge in [0.1, 0.15) is 35.4 Å². The van der Waals surface area contributed by atoms with E-state index in [0.29, 0.717) is 22.8 Å². The minimum atomic E-state index is -0.307. The van der Waals surface area contributed by atoms with Crippen LogP contribution < -0.4 is 9.47 Å². The van der Waals surface area contributed by atoms with Crippen molar-refractivity contribution >= 4 is 11.9 Å². The summed E-state index contributed by atoms with van der Waals surface area (Å²) in [6, 6.07) is 13.3. The Labute approximate surface area is 155 Å². The van der Waals surface area contributed by atoms with E-state index in [1.54, 1.807) is 36.4 Å². The lowest BCUT2D eigenvalue weighted by Crippen LogP contribution is -1.98. The lowest BCUT2D eigenvalue weighted by molar-refractivity contribution is 0.101. The minimum Gasteiger partial charge on any atom is -0.488 e. The molecular formula is C22H17FO4. The maximum absolute atomic E-state index is 13.3. The predicted octanol–water partition coefficient (Wildman–Crippen LogP) is 5.23. The number of ketones is 1. The molecule has 27 heavy (non-hydrogen) atoms. The van der Waals surface area contributed by atoms with Crippen molar-refractivity contribution in [3.8, 4) is 11.5 Å². The van der Waals surface area contributed by atoms with E-state index in [-0.39, 0.29) is 24.0 Å². The Morgan fingerprint density at radius 2 is 1.96 bits per heavy atom. The molecule has 4 nitrogen and oxygen atoms in total. The molecule has 1 aromatic heterocycles. The number of hydrogen-bond acceptors (Lipinski definition) is 4. The number of halogens is 1. The number of aryl methyl sites for hydroxylation is 1. The van der Waals surface area contributed by atoms with Crippen LogP contribution in [0.1, 0.15) is 33.0 Å². The number of hydrogen-bond donors (Lipinski definition) is 0. The van der Waals surface area contributed by atoms with Gasteiger partial charge < -0.3 is 13.9 Å². The highest BCUT2D eigenvalue weighted by molar-refractivity contribution is 6.14. The van der Waals surface area contributed by atoms with Gasteiger partial charge in [0.05, 0.1) is 5.56 Å². The smallest absolute Gasteiger partial charge is 0.232 e. The van der Waals surface area contributed by atoms with Gasteiger partial charge in [-0.15, -0.1) is 0 Å². The molecule has 0 saturated heterocycles. The molecule has 3 aromatic rings. The SMILES string of the molecule is Cc1ccc(/C=C2\Oc3c(ccc(OCc4cccc(F)c4)c3C)C2=O)o1. The third-order valence-electron chi connectivity index (χ3n) is 4.35. The molecule has 4 rings (SSSR count). The van der Waals surface area contributed by atoms with Gasteiger partial charge in [-0.1, -0.05) is 12.1 Å². The van der Waals surface area contributed by atoms with Crippen LogP contribution in [-0.4, -0.2) is 5.78 Å². The van der Waals surface area contributed by atoms with Crippen molar-refractivity contribution in [1.82, 2.24) is 0 Å². The monoisotopic (exact) mass is 364 g/mol. The summed E-state index contributed by atoms with van der Waals surface area (Å²) >= 11 is 0. The van der Waals surface area contributed by atoms with Crippen molar-refractivity contribution in [3.63, 3.8) is 0 Å². The molecule has 0 unspecified atom stereocenters. The van der Waals surface area contributed by atoms with E-state index in [1.165, 1.54) is 12.1 Å². The minimum absolute atomic E-state index is 0.196. The van der Waals surface area contributed by atoms with Crippen LogP contribution in [0.3, 0.4) is 0 Å². The van der Waals surface area contributed by atoms with Gasteiger partial charge in [-0.25, -0.2) is 4.39 Å². The second-order valence-corrected chi connectivity index (χ2v) is 6.37. The lowest BCUT2D eigenvalue weighted by atomic mass is 10.1. The first kappa shape index (κ1) is 17.1. The van der Waals surface area contributed by atoms with Crippen LogP contribution in [-0.2, 0) is 6.61 Å². The van der Waals surface area contributed by atoms with E-state index >= 15 is 0 Å². The van der Waals surface area contributed by atoms with Crippen molar-refractivity contribution in [3.05, 3.63) is 88.3 Å². The first-order chi connectivity index (χ1) is 13.0. The number of benzene rings is 2. The lowest BCUT2D eigenvalue weighted by Gasteiger charge is -2.11. The number of carbonyl (C=O) groups is 1. The summed E-state index contributed by atoms with van der Waals surface area (Å²) in [5.41, 5.74) is 1.93. The molecule has 5 heteroatoms. The van der Waals surface area contributed by atoms with Crippen LogP contribution in [0.15, 0.2) is 58.7 Å². The predicted molar refractivity (Wildman–Crippen MR) is 98.3 cm³/mol. The highest BCUT2D eigenvalue weighted by Gasteiger charge is 2.30. The molecule has 0 fully saturated rings. The number of fused-ring (bicyclic) bond motifs is 1. The van der Waals surface area contributed by atoms with E-state index in [9.17, 15) is 9.18 Å². The molecule has 2 heterocycles. The van der Waals surface area contributed by atoms with Crippen LogP contribution in [0.2, 0.25) is 0 Å². The van der Waals surface area contributed by atoms with Crippen LogP contribution in [0, 0.1) is 19.7 Å². The molecule has 0 atom stereocenters. The van der Waals surface area contributed by atoms with Crippen molar-refractivity contribution in [2.75, 3.05) is 0 Å². The quantitative estimate of drug-likeness (QED) is 0.595. The summed E-state index contributed by atoms with van der Waals surface area (Å²) in [5, 5.41) is 0. The van der Waals surface area contributed by atoms with Crippen LogP contribution in [0.25, 0.3) is 6.08 Å². The molecule has 0 spiro atoms.